The molecule has 6 nitrogen and oxygen atoms in total. The van der Waals surface area contributed by atoms with Crippen LogP contribution in [0, 0.1) is 0 Å². The lowest BCUT2D eigenvalue weighted by Crippen LogP contribution is -2.23. The lowest BCUT2D eigenvalue weighted by atomic mass is 10.5. The number of esters is 1. The fourth-order valence-corrected chi connectivity index (χ4v) is 2.52. The van der Waals surface area contributed by atoms with Crippen LogP contribution >= 0.6 is 23.6 Å². The van der Waals surface area contributed by atoms with E-state index in [1.807, 2.05) is 0 Å². The number of thiazole rings is 1. The molecule has 0 unspecified atom stereocenters. The fraction of sp³-hybridized carbons (Fsp3) is 0.111. The molecule has 17 heavy (non-hydrogen) atoms. The van der Waals surface area contributed by atoms with Gasteiger partial charge in [0.05, 0.1) is 7.11 Å². The van der Waals surface area contributed by atoms with Crippen molar-refractivity contribution in [3.63, 3.8) is 0 Å². The number of ether oxygens (including phenoxy) is 1. The van der Waals surface area contributed by atoms with Crippen molar-refractivity contribution in [1.29, 1.82) is 0 Å². The highest BCUT2D eigenvalue weighted by Gasteiger charge is 2.12. The van der Waals surface area contributed by atoms with Gasteiger partial charge in [-0.2, -0.15) is 0 Å². The van der Waals surface area contributed by atoms with Crippen molar-refractivity contribution < 1.29 is 9.53 Å². The molecule has 0 saturated heterocycles. The first-order valence-corrected chi connectivity index (χ1v) is 5.66. The summed E-state index contributed by atoms with van der Waals surface area (Å²) in [5, 5.41) is 0. The number of hydrogen-bond acceptors (Lipinski definition) is 6. The van der Waals surface area contributed by atoms with E-state index >= 15 is 0 Å². The Morgan fingerprint density at radius 2 is 2.41 bits per heavy atom. The SMILES string of the molecule is COC(=O)/C=c1/sc2c(C(N)=S)ncn2c1=O. The maximum absolute atomic E-state index is 11.8. The molecule has 0 amide bonds. The van der Waals surface area contributed by atoms with Gasteiger partial charge in [0, 0.05) is 6.08 Å². The monoisotopic (exact) mass is 269 g/mol. The van der Waals surface area contributed by atoms with Crippen LogP contribution in [0.2, 0.25) is 0 Å². The van der Waals surface area contributed by atoms with E-state index in [0.717, 1.165) is 17.4 Å². The molecule has 0 aromatic carbocycles. The highest BCUT2D eigenvalue weighted by Crippen LogP contribution is 2.09. The third kappa shape index (κ3) is 1.92. The number of aromatic nitrogens is 2. The van der Waals surface area contributed by atoms with E-state index in [2.05, 4.69) is 9.72 Å². The van der Waals surface area contributed by atoms with Gasteiger partial charge < -0.3 is 10.5 Å². The number of carbonyl (C=O) groups excluding carboxylic acids is 1. The Morgan fingerprint density at radius 3 is 3.00 bits per heavy atom. The van der Waals surface area contributed by atoms with Crippen molar-refractivity contribution in [1.82, 2.24) is 9.38 Å². The lowest BCUT2D eigenvalue weighted by molar-refractivity contribution is -0.133. The van der Waals surface area contributed by atoms with Gasteiger partial charge in [-0.15, -0.1) is 11.3 Å². The van der Waals surface area contributed by atoms with Crippen molar-refractivity contribution in [3.05, 3.63) is 26.9 Å². The maximum Gasteiger partial charge on any atom is 0.332 e. The highest BCUT2D eigenvalue weighted by atomic mass is 32.1. The van der Waals surface area contributed by atoms with Crippen LogP contribution in [-0.2, 0) is 9.53 Å². The number of nitrogens with two attached hydrogens (primary N) is 1. The fourth-order valence-electron chi connectivity index (χ4n) is 1.27. The molecule has 0 spiro atoms. The summed E-state index contributed by atoms with van der Waals surface area (Å²) < 4.78 is 6.01. The zero-order valence-electron chi connectivity index (χ0n) is 8.67. The smallest absolute Gasteiger partial charge is 0.332 e. The van der Waals surface area contributed by atoms with Crippen molar-refractivity contribution in [3.8, 4) is 0 Å². The van der Waals surface area contributed by atoms with Crippen LogP contribution in [-0.4, -0.2) is 27.5 Å². The Kier molecular flexibility index (Phi) is 2.90. The third-order valence-corrected chi connectivity index (χ3v) is 3.33. The molecule has 0 atom stereocenters. The zero-order chi connectivity index (χ0) is 12.6. The molecule has 0 aliphatic heterocycles. The predicted octanol–water partition coefficient (Wildman–Crippen LogP) is -0.937. The number of nitrogens with zero attached hydrogens (tertiary/aromatic N) is 2. The summed E-state index contributed by atoms with van der Waals surface area (Å²) in [5.74, 6) is -0.587. The van der Waals surface area contributed by atoms with E-state index < -0.39 is 5.97 Å². The van der Waals surface area contributed by atoms with Crippen LogP contribution in [0.15, 0.2) is 11.1 Å². The normalized spacial score (nSPS) is 11.9. The van der Waals surface area contributed by atoms with Crippen LogP contribution in [0.1, 0.15) is 5.69 Å². The number of methoxy groups -OCH3 is 1. The molecule has 0 bridgehead atoms. The van der Waals surface area contributed by atoms with E-state index in [1.165, 1.54) is 17.8 Å². The first kappa shape index (κ1) is 11.7. The Labute approximate surface area is 104 Å². The van der Waals surface area contributed by atoms with E-state index in [-0.39, 0.29) is 15.1 Å². The third-order valence-electron chi connectivity index (χ3n) is 2.04. The average molecular weight is 269 g/mol. The molecule has 2 aromatic rings. The summed E-state index contributed by atoms with van der Waals surface area (Å²) >= 11 is 5.90. The van der Waals surface area contributed by atoms with Gasteiger partial charge in [-0.3, -0.25) is 9.20 Å². The first-order chi connectivity index (χ1) is 8.04. The molecular weight excluding hydrogens is 262 g/mol. The minimum atomic E-state index is -0.587. The quantitative estimate of drug-likeness (QED) is 0.559. The summed E-state index contributed by atoms with van der Waals surface area (Å²) in [6, 6.07) is 0. The molecule has 2 heterocycles. The van der Waals surface area contributed by atoms with Crippen molar-refractivity contribution in [2.75, 3.05) is 7.11 Å². The van der Waals surface area contributed by atoms with E-state index in [0.29, 0.717) is 10.5 Å². The second-order valence-corrected chi connectivity index (χ2v) is 4.54. The molecule has 0 fully saturated rings. The standard InChI is InChI=1S/C9H7N3O3S2/c1-15-5(13)2-4-8(14)12-3-11-6(7(10)16)9(12)17-4/h2-3H,1H3,(H2,10,16)/b4-2+. The van der Waals surface area contributed by atoms with Crippen LogP contribution in [0.4, 0.5) is 0 Å². The zero-order valence-corrected chi connectivity index (χ0v) is 10.3. The summed E-state index contributed by atoms with van der Waals surface area (Å²) in [5.41, 5.74) is 5.51. The summed E-state index contributed by atoms with van der Waals surface area (Å²) in [7, 11) is 1.24. The summed E-state index contributed by atoms with van der Waals surface area (Å²) in [6.45, 7) is 0. The molecule has 0 aliphatic rings. The minimum Gasteiger partial charge on any atom is -0.466 e. The first-order valence-electron chi connectivity index (χ1n) is 4.44. The van der Waals surface area contributed by atoms with E-state index in [1.54, 1.807) is 0 Å². The van der Waals surface area contributed by atoms with Gasteiger partial charge in [0.15, 0.2) is 0 Å². The second kappa shape index (κ2) is 4.22. The van der Waals surface area contributed by atoms with Gasteiger partial charge in [-0.05, 0) is 0 Å². The Bertz CT molecular complexity index is 716. The Morgan fingerprint density at radius 1 is 1.71 bits per heavy atom. The molecular formula is C9H7N3O3S2. The van der Waals surface area contributed by atoms with E-state index in [4.69, 9.17) is 18.0 Å². The number of fused-ring (bicyclic) bond motifs is 1. The Balaban J connectivity index is 2.74. The lowest BCUT2D eigenvalue weighted by Gasteiger charge is -1.87. The Hall–Kier alpha value is -1.80. The van der Waals surface area contributed by atoms with Crippen LogP contribution in [0.5, 0.6) is 0 Å². The van der Waals surface area contributed by atoms with Crippen molar-refractivity contribution in [2.45, 2.75) is 0 Å². The minimum absolute atomic E-state index is 0.110. The number of imidazole rings is 1. The number of rotatable bonds is 2. The number of hydrogen-bond donors (Lipinski definition) is 1. The average Bonchev–Trinajstić information content (AvgIpc) is 2.81. The summed E-state index contributed by atoms with van der Waals surface area (Å²) in [6.07, 6.45) is 2.46. The van der Waals surface area contributed by atoms with Gasteiger partial charge in [0.1, 0.15) is 26.4 Å². The van der Waals surface area contributed by atoms with Crippen molar-refractivity contribution >= 4 is 45.4 Å². The molecule has 0 saturated carbocycles. The van der Waals surface area contributed by atoms with Crippen LogP contribution in [0.25, 0.3) is 10.9 Å². The highest BCUT2D eigenvalue weighted by molar-refractivity contribution is 7.80. The van der Waals surface area contributed by atoms with Crippen LogP contribution < -0.4 is 15.8 Å². The largest absolute Gasteiger partial charge is 0.466 e. The molecule has 2 N–H and O–H groups in total. The summed E-state index contributed by atoms with van der Waals surface area (Å²) in [4.78, 5) is 27.5. The molecule has 0 aliphatic carbocycles. The van der Waals surface area contributed by atoms with Gasteiger partial charge in [-0.1, -0.05) is 12.2 Å². The van der Waals surface area contributed by atoms with E-state index in [9.17, 15) is 9.59 Å². The van der Waals surface area contributed by atoms with Crippen molar-refractivity contribution in [2.24, 2.45) is 5.73 Å². The number of carbonyl (C=O) groups is 1. The number of thiocarbonyl (C=S) groups is 1. The molecule has 2 rings (SSSR count). The topological polar surface area (TPSA) is 86.7 Å². The van der Waals surface area contributed by atoms with Gasteiger partial charge in [0.2, 0.25) is 0 Å². The molecule has 8 heteroatoms. The van der Waals surface area contributed by atoms with Crippen LogP contribution in [0.3, 0.4) is 0 Å². The van der Waals surface area contributed by atoms with Gasteiger partial charge >= 0.3 is 5.97 Å². The second-order valence-electron chi connectivity index (χ2n) is 3.07. The maximum atomic E-state index is 11.8. The molecule has 0 radical (unpaired) electrons. The van der Waals surface area contributed by atoms with Gasteiger partial charge in [-0.25, -0.2) is 9.78 Å². The molecule has 88 valence electrons. The van der Waals surface area contributed by atoms with Gasteiger partial charge in [0.25, 0.3) is 5.56 Å². The predicted molar refractivity (Wildman–Crippen MR) is 66.9 cm³/mol. The molecule has 2 aromatic heterocycles.